The van der Waals surface area contributed by atoms with Crippen LogP contribution in [0.15, 0.2) is 23.1 Å². The van der Waals surface area contributed by atoms with Crippen molar-refractivity contribution in [1.82, 2.24) is 0 Å². The summed E-state index contributed by atoms with van der Waals surface area (Å²) in [5.41, 5.74) is -2.72. The molecule has 0 atom stereocenters. The summed E-state index contributed by atoms with van der Waals surface area (Å²) < 4.78 is 73.5. The van der Waals surface area contributed by atoms with Gasteiger partial charge in [0.2, 0.25) is 10.0 Å². The predicted molar refractivity (Wildman–Crippen MR) is 78.5 cm³/mol. The van der Waals surface area contributed by atoms with E-state index in [0.29, 0.717) is 6.07 Å². The molecule has 2 rings (SSSR count). The first-order chi connectivity index (χ1) is 10.2. The van der Waals surface area contributed by atoms with Crippen molar-refractivity contribution in [1.29, 1.82) is 0 Å². The highest BCUT2D eigenvalue weighted by atomic mass is 32.2. The van der Waals surface area contributed by atoms with Gasteiger partial charge in [0.25, 0.3) is 0 Å². The Hall–Kier alpha value is -1.10. The molecule has 0 radical (unpaired) electrons. The second kappa shape index (κ2) is 5.20. The van der Waals surface area contributed by atoms with Crippen LogP contribution in [0.4, 0.5) is 13.2 Å². The van der Waals surface area contributed by atoms with Gasteiger partial charge >= 0.3 is 13.3 Å². The summed E-state index contributed by atoms with van der Waals surface area (Å²) in [7, 11) is -5.54. The topological polar surface area (TPSA) is 78.6 Å². The molecule has 0 spiro atoms. The van der Waals surface area contributed by atoms with Crippen molar-refractivity contribution in [3.63, 3.8) is 0 Å². The fourth-order valence-electron chi connectivity index (χ4n) is 2.14. The number of alkyl halides is 3. The number of hydrogen-bond donors (Lipinski definition) is 1. The van der Waals surface area contributed by atoms with E-state index in [1.165, 1.54) is 6.07 Å². The van der Waals surface area contributed by atoms with E-state index in [4.69, 9.17) is 14.4 Å². The standard InChI is InChI=1S/C13H17BF3NO4S/c1-11(2)12(3,4)22-14(21-11)8-5-6-10(23(18,19)20)9(7-8)13(15,16)17/h5-7H,1-4H3,(H2,18,19,20). The Labute approximate surface area is 133 Å². The lowest BCUT2D eigenvalue weighted by atomic mass is 9.78. The maximum absolute atomic E-state index is 13.1. The van der Waals surface area contributed by atoms with E-state index in [1.807, 2.05) is 0 Å². The third-order valence-electron chi connectivity index (χ3n) is 4.14. The molecular formula is C13H17BF3NO4S. The van der Waals surface area contributed by atoms with Crippen LogP contribution in [0.5, 0.6) is 0 Å². The van der Waals surface area contributed by atoms with E-state index < -0.39 is 45.0 Å². The van der Waals surface area contributed by atoms with Gasteiger partial charge in [0.05, 0.1) is 21.7 Å². The molecule has 0 amide bonds. The van der Waals surface area contributed by atoms with E-state index in [0.717, 1.165) is 6.07 Å². The highest BCUT2D eigenvalue weighted by Gasteiger charge is 2.52. The number of benzene rings is 1. The van der Waals surface area contributed by atoms with Crippen molar-refractivity contribution in [2.24, 2.45) is 5.14 Å². The van der Waals surface area contributed by atoms with Crippen LogP contribution in [0.1, 0.15) is 33.3 Å². The van der Waals surface area contributed by atoms with Gasteiger partial charge in [0.15, 0.2) is 0 Å². The second-order valence-electron chi connectivity index (χ2n) is 6.39. The normalized spacial score (nSPS) is 20.8. The van der Waals surface area contributed by atoms with Crippen LogP contribution in [-0.4, -0.2) is 26.7 Å². The molecule has 1 aliphatic heterocycles. The molecule has 1 fully saturated rings. The number of sulfonamides is 1. The van der Waals surface area contributed by atoms with Crippen molar-refractivity contribution in [2.75, 3.05) is 0 Å². The molecule has 0 bridgehead atoms. The number of rotatable bonds is 2. The summed E-state index contributed by atoms with van der Waals surface area (Å²) in [6.45, 7) is 7.04. The fraction of sp³-hybridized carbons (Fsp3) is 0.538. The van der Waals surface area contributed by atoms with E-state index >= 15 is 0 Å². The van der Waals surface area contributed by atoms with Gasteiger partial charge in [-0.25, -0.2) is 13.6 Å². The number of nitrogens with two attached hydrogens (primary N) is 1. The minimum Gasteiger partial charge on any atom is -0.399 e. The Morgan fingerprint density at radius 3 is 1.96 bits per heavy atom. The molecular weight excluding hydrogens is 334 g/mol. The number of halogens is 3. The van der Waals surface area contributed by atoms with Gasteiger partial charge in [0.1, 0.15) is 0 Å². The Kier molecular flexibility index (Phi) is 4.13. The van der Waals surface area contributed by atoms with E-state index in [9.17, 15) is 21.6 Å². The highest BCUT2D eigenvalue weighted by Crippen LogP contribution is 2.38. The molecule has 0 aromatic heterocycles. The van der Waals surface area contributed by atoms with Gasteiger partial charge in [-0.2, -0.15) is 13.2 Å². The lowest BCUT2D eigenvalue weighted by molar-refractivity contribution is -0.139. The molecule has 2 N–H and O–H groups in total. The monoisotopic (exact) mass is 351 g/mol. The van der Waals surface area contributed by atoms with Crippen LogP contribution in [0.3, 0.4) is 0 Å². The van der Waals surface area contributed by atoms with Crippen LogP contribution in [0, 0.1) is 0 Å². The summed E-state index contributed by atoms with van der Waals surface area (Å²) in [4.78, 5) is -0.981. The van der Waals surface area contributed by atoms with Gasteiger partial charge < -0.3 is 9.31 Å². The molecule has 1 aromatic rings. The molecule has 1 aromatic carbocycles. The van der Waals surface area contributed by atoms with Crippen LogP contribution in [-0.2, 0) is 25.5 Å². The summed E-state index contributed by atoms with van der Waals surface area (Å²) in [6.07, 6.45) is -4.87. The Morgan fingerprint density at radius 2 is 1.57 bits per heavy atom. The van der Waals surface area contributed by atoms with Gasteiger partial charge in [-0.05, 0) is 45.3 Å². The minimum atomic E-state index is -4.87. The Balaban J connectivity index is 2.52. The van der Waals surface area contributed by atoms with Crippen molar-refractivity contribution < 1.29 is 30.9 Å². The molecule has 1 heterocycles. The molecule has 0 saturated carbocycles. The van der Waals surface area contributed by atoms with Crippen LogP contribution >= 0.6 is 0 Å². The maximum Gasteiger partial charge on any atom is 0.494 e. The van der Waals surface area contributed by atoms with Gasteiger partial charge in [-0.3, -0.25) is 0 Å². The third-order valence-corrected chi connectivity index (χ3v) is 5.11. The smallest absolute Gasteiger partial charge is 0.399 e. The Bertz CT molecular complexity index is 715. The van der Waals surface area contributed by atoms with Crippen molar-refractivity contribution in [3.05, 3.63) is 23.8 Å². The Morgan fingerprint density at radius 1 is 1.09 bits per heavy atom. The minimum absolute atomic E-state index is 0.0726. The van der Waals surface area contributed by atoms with E-state index in [-0.39, 0.29) is 5.46 Å². The van der Waals surface area contributed by atoms with Crippen molar-refractivity contribution in [3.8, 4) is 0 Å². The largest absolute Gasteiger partial charge is 0.494 e. The predicted octanol–water partition coefficient (Wildman–Crippen LogP) is 1.65. The molecule has 10 heteroatoms. The lowest BCUT2D eigenvalue weighted by Crippen LogP contribution is -2.41. The van der Waals surface area contributed by atoms with Gasteiger partial charge in [0, 0.05) is 0 Å². The zero-order chi connectivity index (χ0) is 17.8. The summed E-state index contributed by atoms with van der Waals surface area (Å²) in [5.74, 6) is 0. The van der Waals surface area contributed by atoms with Crippen molar-refractivity contribution >= 4 is 22.6 Å². The van der Waals surface area contributed by atoms with Gasteiger partial charge in [-0.15, -0.1) is 0 Å². The maximum atomic E-state index is 13.1. The molecule has 128 valence electrons. The number of hydrogen-bond acceptors (Lipinski definition) is 4. The third kappa shape index (κ3) is 3.40. The summed E-state index contributed by atoms with van der Waals surface area (Å²) >= 11 is 0. The first kappa shape index (κ1) is 18.2. The average Bonchev–Trinajstić information content (AvgIpc) is 2.55. The molecule has 0 aliphatic carbocycles. The van der Waals surface area contributed by atoms with Crippen molar-refractivity contribution in [2.45, 2.75) is 50.0 Å². The first-order valence-electron chi connectivity index (χ1n) is 6.75. The SMILES string of the molecule is CC1(C)OB(c2ccc(S(N)(=O)=O)c(C(F)(F)F)c2)OC1(C)C. The second-order valence-corrected chi connectivity index (χ2v) is 7.92. The summed E-state index contributed by atoms with van der Waals surface area (Å²) in [6, 6.07) is 2.72. The zero-order valence-corrected chi connectivity index (χ0v) is 13.9. The molecule has 5 nitrogen and oxygen atoms in total. The fourth-order valence-corrected chi connectivity index (χ4v) is 2.88. The molecule has 1 aliphatic rings. The van der Waals surface area contributed by atoms with Crippen LogP contribution in [0.25, 0.3) is 0 Å². The lowest BCUT2D eigenvalue weighted by Gasteiger charge is -2.32. The quantitative estimate of drug-likeness (QED) is 0.822. The van der Waals surface area contributed by atoms with Crippen LogP contribution < -0.4 is 10.6 Å². The van der Waals surface area contributed by atoms with Gasteiger partial charge in [-0.1, -0.05) is 6.07 Å². The summed E-state index contributed by atoms with van der Waals surface area (Å²) in [5, 5.41) is 4.85. The molecule has 23 heavy (non-hydrogen) atoms. The van der Waals surface area contributed by atoms with Crippen LogP contribution in [0.2, 0.25) is 0 Å². The first-order valence-corrected chi connectivity index (χ1v) is 8.29. The van der Waals surface area contributed by atoms with E-state index in [1.54, 1.807) is 27.7 Å². The average molecular weight is 351 g/mol. The zero-order valence-electron chi connectivity index (χ0n) is 13.1. The molecule has 0 unspecified atom stereocenters. The van der Waals surface area contributed by atoms with E-state index in [2.05, 4.69) is 0 Å². The molecule has 1 saturated heterocycles. The number of primary sulfonamides is 1. The highest BCUT2D eigenvalue weighted by molar-refractivity contribution is 7.89.